The Morgan fingerprint density at radius 2 is 1.92 bits per heavy atom. The summed E-state index contributed by atoms with van der Waals surface area (Å²) in [7, 11) is 0. The van der Waals surface area contributed by atoms with Crippen molar-refractivity contribution in [1.29, 1.82) is 0 Å². The van der Waals surface area contributed by atoms with Gasteiger partial charge in [-0.2, -0.15) is 12.6 Å². The molecule has 1 rings (SSSR count). The predicted molar refractivity (Wildman–Crippen MR) is 60.9 cm³/mol. The van der Waals surface area contributed by atoms with Crippen LogP contribution in [0.1, 0.15) is 25.0 Å². The smallest absolute Gasteiger partial charge is 0.0322 e. The molecule has 0 amide bonds. The minimum absolute atomic E-state index is 0.0593. The van der Waals surface area contributed by atoms with Crippen LogP contribution in [0, 0.1) is 6.92 Å². The Hall–Kier alpha value is 0.0500. The fourth-order valence-corrected chi connectivity index (χ4v) is 1.49. The van der Waals surface area contributed by atoms with Crippen molar-refractivity contribution in [3.8, 4) is 0 Å². The van der Waals surface area contributed by atoms with Crippen LogP contribution in [0.15, 0.2) is 22.7 Å². The Morgan fingerprint density at radius 1 is 1.33 bits per heavy atom. The third-order valence-corrected chi connectivity index (χ3v) is 2.99. The van der Waals surface area contributed by atoms with Crippen LogP contribution in [0.3, 0.4) is 0 Å². The third-order valence-electron chi connectivity index (χ3n) is 1.88. The largest absolute Gasteiger partial charge is 0.168 e. The first-order chi connectivity index (χ1) is 5.41. The summed E-state index contributed by atoms with van der Waals surface area (Å²) >= 11 is 8.01. The topological polar surface area (TPSA) is 0 Å². The summed E-state index contributed by atoms with van der Waals surface area (Å²) in [5.74, 6) is 0. The second kappa shape index (κ2) is 3.43. The lowest BCUT2D eigenvalue weighted by atomic mass is 10.0. The standard InChI is InChI=1S/C10H13BrS/c1-7-4-5-8(6-9(7)11)10(2,3)12/h4-6,12H,1-3H3. The summed E-state index contributed by atoms with van der Waals surface area (Å²) in [6, 6.07) is 6.35. The molecule has 0 fully saturated rings. The van der Waals surface area contributed by atoms with E-state index in [1.54, 1.807) is 0 Å². The maximum atomic E-state index is 4.50. The van der Waals surface area contributed by atoms with Crippen molar-refractivity contribution < 1.29 is 0 Å². The van der Waals surface area contributed by atoms with Gasteiger partial charge in [0.05, 0.1) is 0 Å². The molecule has 0 N–H and O–H groups in total. The molecule has 12 heavy (non-hydrogen) atoms. The summed E-state index contributed by atoms with van der Waals surface area (Å²) in [6.07, 6.45) is 0. The molecular weight excluding hydrogens is 232 g/mol. The van der Waals surface area contributed by atoms with E-state index in [1.165, 1.54) is 11.1 Å². The van der Waals surface area contributed by atoms with E-state index in [4.69, 9.17) is 0 Å². The first kappa shape index (κ1) is 10.1. The molecule has 0 aliphatic heterocycles. The van der Waals surface area contributed by atoms with Crippen LogP contribution in [0.4, 0.5) is 0 Å². The molecule has 0 saturated heterocycles. The monoisotopic (exact) mass is 244 g/mol. The molecule has 0 unspecified atom stereocenters. The van der Waals surface area contributed by atoms with Gasteiger partial charge in [-0.15, -0.1) is 0 Å². The van der Waals surface area contributed by atoms with Crippen LogP contribution in [-0.2, 0) is 4.75 Å². The number of halogens is 1. The Balaban J connectivity index is 3.14. The number of hydrogen-bond donors (Lipinski definition) is 1. The highest BCUT2D eigenvalue weighted by molar-refractivity contribution is 9.10. The Morgan fingerprint density at radius 3 is 2.33 bits per heavy atom. The molecular formula is C10H13BrS. The summed E-state index contributed by atoms with van der Waals surface area (Å²) in [5.41, 5.74) is 2.50. The van der Waals surface area contributed by atoms with Crippen LogP contribution in [0.2, 0.25) is 0 Å². The van der Waals surface area contributed by atoms with E-state index in [1.807, 2.05) is 0 Å². The molecule has 0 bridgehead atoms. The Labute approximate surface area is 87.9 Å². The van der Waals surface area contributed by atoms with Gasteiger partial charge in [-0.25, -0.2) is 0 Å². The average Bonchev–Trinajstić information content (AvgIpc) is 1.92. The Bertz CT molecular complexity index is 286. The molecule has 0 aliphatic rings. The fraction of sp³-hybridized carbons (Fsp3) is 0.400. The number of thiol groups is 1. The third kappa shape index (κ3) is 2.27. The van der Waals surface area contributed by atoms with Crippen molar-refractivity contribution in [2.45, 2.75) is 25.5 Å². The van der Waals surface area contributed by atoms with Crippen molar-refractivity contribution in [3.63, 3.8) is 0 Å². The number of aryl methyl sites for hydroxylation is 1. The first-order valence-electron chi connectivity index (χ1n) is 3.90. The van der Waals surface area contributed by atoms with Gasteiger partial charge in [0.25, 0.3) is 0 Å². The van der Waals surface area contributed by atoms with Gasteiger partial charge in [-0.1, -0.05) is 28.1 Å². The van der Waals surface area contributed by atoms with Gasteiger partial charge in [0.15, 0.2) is 0 Å². The van der Waals surface area contributed by atoms with Gasteiger partial charge in [0.1, 0.15) is 0 Å². The summed E-state index contributed by atoms with van der Waals surface area (Å²) in [5, 5.41) is 0. The van der Waals surface area contributed by atoms with Crippen molar-refractivity contribution in [2.75, 3.05) is 0 Å². The zero-order valence-corrected chi connectivity index (χ0v) is 10.0. The zero-order valence-electron chi connectivity index (χ0n) is 7.56. The van der Waals surface area contributed by atoms with Crippen LogP contribution >= 0.6 is 28.6 Å². The lowest BCUT2D eigenvalue weighted by molar-refractivity contribution is 0.790. The second-order valence-electron chi connectivity index (χ2n) is 3.52. The lowest BCUT2D eigenvalue weighted by Crippen LogP contribution is -2.07. The highest BCUT2D eigenvalue weighted by Gasteiger charge is 2.14. The molecule has 0 aliphatic carbocycles. The SMILES string of the molecule is Cc1ccc(C(C)(C)S)cc1Br. The van der Waals surface area contributed by atoms with E-state index in [2.05, 4.69) is 67.5 Å². The number of rotatable bonds is 1. The summed E-state index contributed by atoms with van der Waals surface area (Å²) in [4.78, 5) is 0. The number of hydrogen-bond acceptors (Lipinski definition) is 1. The van der Waals surface area contributed by atoms with Crippen LogP contribution in [0.5, 0.6) is 0 Å². The van der Waals surface area contributed by atoms with Crippen LogP contribution in [-0.4, -0.2) is 0 Å². The van der Waals surface area contributed by atoms with Gasteiger partial charge in [0.2, 0.25) is 0 Å². The van der Waals surface area contributed by atoms with Gasteiger partial charge in [-0.05, 0) is 38.0 Å². The molecule has 0 atom stereocenters. The molecule has 1 aromatic rings. The van der Waals surface area contributed by atoms with Crippen molar-refractivity contribution >= 4 is 28.6 Å². The van der Waals surface area contributed by atoms with E-state index in [0.717, 1.165) is 4.47 Å². The molecule has 0 nitrogen and oxygen atoms in total. The van der Waals surface area contributed by atoms with Gasteiger partial charge in [-0.3, -0.25) is 0 Å². The zero-order chi connectivity index (χ0) is 9.35. The lowest BCUT2D eigenvalue weighted by Gasteiger charge is -2.18. The molecule has 2 heteroatoms. The molecule has 0 heterocycles. The maximum absolute atomic E-state index is 4.50. The molecule has 0 radical (unpaired) electrons. The van der Waals surface area contributed by atoms with Crippen molar-refractivity contribution in [3.05, 3.63) is 33.8 Å². The molecule has 1 aromatic carbocycles. The van der Waals surface area contributed by atoms with Crippen molar-refractivity contribution in [1.82, 2.24) is 0 Å². The molecule has 66 valence electrons. The summed E-state index contributed by atoms with van der Waals surface area (Å²) < 4.78 is 1.10. The van der Waals surface area contributed by atoms with E-state index in [9.17, 15) is 0 Å². The fourth-order valence-electron chi connectivity index (χ4n) is 0.973. The second-order valence-corrected chi connectivity index (χ2v) is 5.50. The highest BCUT2D eigenvalue weighted by atomic mass is 79.9. The molecule has 0 spiro atoms. The van der Waals surface area contributed by atoms with Crippen LogP contribution < -0.4 is 0 Å². The first-order valence-corrected chi connectivity index (χ1v) is 5.14. The maximum Gasteiger partial charge on any atom is 0.0322 e. The highest BCUT2D eigenvalue weighted by Crippen LogP contribution is 2.30. The minimum atomic E-state index is -0.0593. The predicted octanol–water partition coefficient (Wildman–Crippen LogP) is 3.92. The van der Waals surface area contributed by atoms with Crippen LogP contribution in [0.25, 0.3) is 0 Å². The van der Waals surface area contributed by atoms with Gasteiger partial charge in [0, 0.05) is 9.22 Å². The molecule has 0 aromatic heterocycles. The molecule has 0 saturated carbocycles. The van der Waals surface area contributed by atoms with E-state index >= 15 is 0 Å². The number of benzene rings is 1. The van der Waals surface area contributed by atoms with E-state index in [0.29, 0.717) is 0 Å². The van der Waals surface area contributed by atoms with E-state index < -0.39 is 0 Å². The minimum Gasteiger partial charge on any atom is -0.168 e. The van der Waals surface area contributed by atoms with Crippen molar-refractivity contribution in [2.24, 2.45) is 0 Å². The average molecular weight is 245 g/mol. The normalized spacial score (nSPS) is 11.8. The summed E-state index contributed by atoms with van der Waals surface area (Å²) in [6.45, 7) is 6.26. The Kier molecular flexibility index (Phi) is 2.89. The quantitative estimate of drug-likeness (QED) is 0.712. The van der Waals surface area contributed by atoms with E-state index in [-0.39, 0.29) is 4.75 Å². The van der Waals surface area contributed by atoms with Gasteiger partial charge < -0.3 is 0 Å². The van der Waals surface area contributed by atoms with Gasteiger partial charge >= 0.3 is 0 Å².